The average molecular weight is 371 g/mol. The van der Waals surface area contributed by atoms with Crippen molar-refractivity contribution >= 4 is 23.2 Å². The Bertz CT molecular complexity index is 848. The van der Waals surface area contributed by atoms with Crippen LogP contribution in [0.5, 0.6) is 5.75 Å². The number of nitrogens with one attached hydrogen (secondary N) is 1. The van der Waals surface area contributed by atoms with Crippen LogP contribution in [0.15, 0.2) is 36.4 Å². The minimum Gasteiger partial charge on any atom is -0.491 e. The summed E-state index contributed by atoms with van der Waals surface area (Å²) in [4.78, 5) is 23.9. The van der Waals surface area contributed by atoms with Gasteiger partial charge in [-0.3, -0.25) is 15.0 Å². The summed E-state index contributed by atoms with van der Waals surface area (Å²) in [5.74, 6) is 0.853. The molecule has 0 atom stereocenters. The van der Waals surface area contributed by atoms with Gasteiger partial charge in [-0.05, 0) is 31.0 Å². The maximum atomic E-state index is 11.9. The molecule has 1 saturated heterocycles. The van der Waals surface area contributed by atoms with E-state index in [-0.39, 0.29) is 12.3 Å². The van der Waals surface area contributed by atoms with Crippen LogP contribution in [-0.4, -0.2) is 37.3 Å². The first-order chi connectivity index (χ1) is 13.0. The summed E-state index contributed by atoms with van der Waals surface area (Å²) >= 11 is 0. The quantitative estimate of drug-likeness (QED) is 0.453. The van der Waals surface area contributed by atoms with E-state index in [1.54, 1.807) is 6.07 Å². The van der Waals surface area contributed by atoms with Crippen molar-refractivity contribution in [2.45, 2.75) is 13.8 Å². The van der Waals surface area contributed by atoms with Crippen LogP contribution >= 0.6 is 0 Å². The molecular formula is C19H21N3O5. The number of carbonyl (C=O) groups excluding carboxylic acids is 1. The Kier molecular flexibility index (Phi) is 5.44. The summed E-state index contributed by atoms with van der Waals surface area (Å²) in [6.45, 7) is 5.48. The SMILES string of the molecule is Cc1cccc(C)c1OCCNc1ccc([N+](=O)[O-])cc1N1CCOC1=O. The molecule has 1 fully saturated rings. The highest BCUT2D eigenvalue weighted by molar-refractivity contribution is 5.94. The highest BCUT2D eigenvalue weighted by Crippen LogP contribution is 2.32. The van der Waals surface area contributed by atoms with Crippen LogP contribution in [0.2, 0.25) is 0 Å². The van der Waals surface area contributed by atoms with E-state index in [0.29, 0.717) is 31.1 Å². The lowest BCUT2D eigenvalue weighted by Crippen LogP contribution is -2.25. The fourth-order valence-electron chi connectivity index (χ4n) is 2.98. The number of rotatable bonds is 7. The predicted molar refractivity (Wildman–Crippen MR) is 102 cm³/mol. The molecular weight excluding hydrogens is 350 g/mol. The maximum absolute atomic E-state index is 11.9. The predicted octanol–water partition coefficient (Wildman–Crippen LogP) is 3.66. The van der Waals surface area contributed by atoms with Crippen molar-refractivity contribution in [1.82, 2.24) is 0 Å². The van der Waals surface area contributed by atoms with Gasteiger partial charge < -0.3 is 14.8 Å². The first kappa shape index (κ1) is 18.5. The average Bonchev–Trinajstić information content (AvgIpc) is 3.06. The molecule has 142 valence electrons. The number of hydrogen-bond acceptors (Lipinski definition) is 6. The number of hydrogen-bond donors (Lipinski definition) is 1. The zero-order valence-electron chi connectivity index (χ0n) is 15.2. The second-order valence-electron chi connectivity index (χ2n) is 6.22. The van der Waals surface area contributed by atoms with Gasteiger partial charge in [-0.2, -0.15) is 0 Å². The number of nitro groups is 1. The van der Waals surface area contributed by atoms with E-state index in [2.05, 4.69) is 5.32 Å². The van der Waals surface area contributed by atoms with Crippen molar-refractivity contribution in [3.63, 3.8) is 0 Å². The molecule has 0 bridgehead atoms. The Morgan fingerprint density at radius 1 is 1.26 bits per heavy atom. The Hall–Kier alpha value is -3.29. The number of benzene rings is 2. The summed E-state index contributed by atoms with van der Waals surface area (Å²) in [6.07, 6.45) is -0.509. The van der Waals surface area contributed by atoms with Crippen LogP contribution in [0.1, 0.15) is 11.1 Å². The summed E-state index contributed by atoms with van der Waals surface area (Å²) in [7, 11) is 0. The second-order valence-corrected chi connectivity index (χ2v) is 6.22. The van der Waals surface area contributed by atoms with E-state index in [4.69, 9.17) is 9.47 Å². The number of nitrogens with zero attached hydrogens (tertiary/aromatic N) is 2. The molecule has 0 radical (unpaired) electrons. The number of non-ortho nitro benzene ring substituents is 1. The molecule has 2 aromatic rings. The van der Waals surface area contributed by atoms with Gasteiger partial charge in [0.2, 0.25) is 0 Å². The minimum atomic E-state index is -0.509. The Labute approximate surface area is 156 Å². The molecule has 1 aliphatic rings. The smallest absolute Gasteiger partial charge is 0.414 e. The molecule has 1 amide bonds. The molecule has 0 saturated carbocycles. The molecule has 3 rings (SSSR count). The molecule has 8 nitrogen and oxygen atoms in total. The number of carbonyl (C=O) groups is 1. The third kappa shape index (κ3) is 4.11. The normalized spacial score (nSPS) is 13.4. The van der Waals surface area contributed by atoms with Gasteiger partial charge in [-0.1, -0.05) is 18.2 Å². The standard InChI is InChI=1S/C19H21N3O5/c1-13-4-3-5-14(2)18(13)26-10-8-20-16-7-6-15(22(24)25)12-17(16)21-9-11-27-19(21)23/h3-7,12,20H,8-11H2,1-2H3. The second kappa shape index (κ2) is 7.94. The number of amides is 1. The third-order valence-corrected chi connectivity index (χ3v) is 4.32. The highest BCUT2D eigenvalue weighted by Gasteiger charge is 2.27. The van der Waals surface area contributed by atoms with Crippen molar-refractivity contribution in [3.8, 4) is 5.75 Å². The first-order valence-corrected chi connectivity index (χ1v) is 8.63. The molecule has 1 aliphatic heterocycles. The topological polar surface area (TPSA) is 93.9 Å². The summed E-state index contributed by atoms with van der Waals surface area (Å²) in [5, 5.41) is 14.3. The fraction of sp³-hybridized carbons (Fsp3) is 0.316. The summed E-state index contributed by atoms with van der Waals surface area (Å²) < 4.78 is 10.8. The van der Waals surface area contributed by atoms with Crippen molar-refractivity contribution < 1.29 is 19.2 Å². The zero-order chi connectivity index (χ0) is 19.4. The van der Waals surface area contributed by atoms with Gasteiger partial charge in [0.15, 0.2) is 0 Å². The molecule has 0 unspecified atom stereocenters. The number of cyclic esters (lactones) is 1. The van der Waals surface area contributed by atoms with Crippen molar-refractivity contribution in [3.05, 3.63) is 57.6 Å². The van der Waals surface area contributed by atoms with Crippen LogP contribution < -0.4 is 15.0 Å². The van der Waals surface area contributed by atoms with E-state index in [0.717, 1.165) is 16.9 Å². The van der Waals surface area contributed by atoms with Gasteiger partial charge in [0.05, 0.1) is 22.8 Å². The van der Waals surface area contributed by atoms with Gasteiger partial charge in [-0.15, -0.1) is 0 Å². The van der Waals surface area contributed by atoms with Crippen LogP contribution in [0.4, 0.5) is 21.9 Å². The lowest BCUT2D eigenvalue weighted by Gasteiger charge is -2.19. The van der Waals surface area contributed by atoms with Crippen LogP contribution in [0.3, 0.4) is 0 Å². The third-order valence-electron chi connectivity index (χ3n) is 4.32. The zero-order valence-corrected chi connectivity index (χ0v) is 15.2. The highest BCUT2D eigenvalue weighted by atomic mass is 16.6. The number of aryl methyl sites for hydroxylation is 2. The lowest BCUT2D eigenvalue weighted by atomic mass is 10.1. The molecule has 0 aliphatic carbocycles. The van der Waals surface area contributed by atoms with Gasteiger partial charge in [0.25, 0.3) is 5.69 Å². The number of ether oxygens (including phenoxy) is 2. The molecule has 27 heavy (non-hydrogen) atoms. The molecule has 1 N–H and O–H groups in total. The van der Waals surface area contributed by atoms with E-state index in [1.165, 1.54) is 17.0 Å². The van der Waals surface area contributed by atoms with Crippen molar-refractivity contribution in [2.24, 2.45) is 0 Å². The molecule has 0 spiro atoms. The summed E-state index contributed by atoms with van der Waals surface area (Å²) in [6, 6.07) is 10.3. The minimum absolute atomic E-state index is 0.0814. The maximum Gasteiger partial charge on any atom is 0.414 e. The number of nitro benzene ring substituents is 1. The number of anilines is 2. The molecule has 8 heteroatoms. The Morgan fingerprint density at radius 3 is 2.63 bits per heavy atom. The van der Waals surface area contributed by atoms with Crippen LogP contribution in [-0.2, 0) is 4.74 Å². The summed E-state index contributed by atoms with van der Waals surface area (Å²) in [5.41, 5.74) is 3.09. The first-order valence-electron chi connectivity index (χ1n) is 8.63. The van der Waals surface area contributed by atoms with Crippen molar-refractivity contribution in [2.75, 3.05) is 36.5 Å². The van der Waals surface area contributed by atoms with E-state index in [1.807, 2.05) is 32.0 Å². The fourth-order valence-corrected chi connectivity index (χ4v) is 2.98. The van der Waals surface area contributed by atoms with Gasteiger partial charge >= 0.3 is 6.09 Å². The molecule has 0 aromatic heterocycles. The monoisotopic (exact) mass is 371 g/mol. The Balaban J connectivity index is 1.70. The van der Waals surface area contributed by atoms with Gasteiger partial charge in [0, 0.05) is 18.7 Å². The van der Waals surface area contributed by atoms with Crippen molar-refractivity contribution in [1.29, 1.82) is 0 Å². The van der Waals surface area contributed by atoms with Gasteiger partial charge in [0.1, 0.15) is 19.0 Å². The number of para-hydroxylation sites is 1. The molecule has 1 heterocycles. The van der Waals surface area contributed by atoms with Crippen LogP contribution in [0, 0.1) is 24.0 Å². The van der Waals surface area contributed by atoms with Gasteiger partial charge in [-0.25, -0.2) is 4.79 Å². The largest absolute Gasteiger partial charge is 0.491 e. The Morgan fingerprint density at radius 2 is 2.00 bits per heavy atom. The van der Waals surface area contributed by atoms with E-state index in [9.17, 15) is 14.9 Å². The van der Waals surface area contributed by atoms with E-state index >= 15 is 0 Å². The van der Waals surface area contributed by atoms with Crippen LogP contribution in [0.25, 0.3) is 0 Å². The lowest BCUT2D eigenvalue weighted by molar-refractivity contribution is -0.384. The van der Waals surface area contributed by atoms with E-state index < -0.39 is 11.0 Å². The molecule has 2 aromatic carbocycles.